The largest absolute Gasteiger partial charge is 0.292 e. The average Bonchev–Trinajstić information content (AvgIpc) is 2.49. The zero-order valence-electron chi connectivity index (χ0n) is 11.0. The van der Waals surface area contributed by atoms with E-state index in [0.717, 1.165) is 22.9 Å². The summed E-state index contributed by atoms with van der Waals surface area (Å²) in [6, 6.07) is 12.4. The maximum absolute atomic E-state index is 13.6. The Hall–Kier alpha value is -2.62. The molecule has 0 aliphatic carbocycles. The minimum Gasteiger partial charge on any atom is -0.292 e. The predicted octanol–water partition coefficient (Wildman–Crippen LogP) is 3.94. The molecule has 0 spiro atoms. The molecule has 0 N–H and O–H groups in total. The Morgan fingerprint density at radius 3 is 2.67 bits per heavy atom. The molecule has 4 heteroatoms. The number of aromatic nitrogens is 1. The lowest BCUT2D eigenvalue weighted by Crippen LogP contribution is -2.08. The number of fused-ring (bicyclic) bond motifs is 1. The number of carbonyl (C=O) groups excluding carboxylic acids is 1. The standard InChI is InChI=1S/C17H11F2NO/c18-13-6-5-12(15(19)10-13)9-16(21)17-14-4-2-1-3-11(14)7-8-20-17/h1-8,10H,9H2. The Kier molecular flexibility index (Phi) is 3.44. The van der Waals surface area contributed by atoms with Crippen LogP contribution in [0.2, 0.25) is 0 Å². The van der Waals surface area contributed by atoms with E-state index in [1.807, 2.05) is 24.3 Å². The van der Waals surface area contributed by atoms with Crippen LogP contribution in [0.15, 0.2) is 54.7 Å². The van der Waals surface area contributed by atoms with E-state index < -0.39 is 11.6 Å². The highest BCUT2D eigenvalue weighted by molar-refractivity contribution is 6.07. The van der Waals surface area contributed by atoms with Gasteiger partial charge in [0.2, 0.25) is 0 Å². The van der Waals surface area contributed by atoms with E-state index in [1.54, 1.807) is 12.3 Å². The molecule has 0 amide bonds. The zero-order valence-corrected chi connectivity index (χ0v) is 11.0. The van der Waals surface area contributed by atoms with Crippen molar-refractivity contribution in [1.29, 1.82) is 0 Å². The highest BCUT2D eigenvalue weighted by Gasteiger charge is 2.14. The van der Waals surface area contributed by atoms with Gasteiger partial charge in [-0.1, -0.05) is 30.3 Å². The molecule has 2 aromatic carbocycles. The van der Waals surface area contributed by atoms with Gasteiger partial charge in [-0.15, -0.1) is 0 Å². The van der Waals surface area contributed by atoms with Gasteiger partial charge in [0.15, 0.2) is 5.78 Å². The SMILES string of the molecule is O=C(Cc1ccc(F)cc1F)c1nccc2ccccc12. The minimum atomic E-state index is -0.719. The number of nitrogens with zero attached hydrogens (tertiary/aromatic N) is 1. The molecule has 0 aliphatic heterocycles. The summed E-state index contributed by atoms with van der Waals surface area (Å²) in [5.74, 6) is -1.67. The fraction of sp³-hybridized carbons (Fsp3) is 0.0588. The van der Waals surface area contributed by atoms with Gasteiger partial charge >= 0.3 is 0 Å². The monoisotopic (exact) mass is 283 g/mol. The lowest BCUT2D eigenvalue weighted by Gasteiger charge is -2.06. The third-order valence-corrected chi connectivity index (χ3v) is 3.30. The third kappa shape index (κ3) is 2.65. The molecule has 3 rings (SSSR count). The van der Waals surface area contributed by atoms with Crippen molar-refractivity contribution >= 4 is 16.6 Å². The topological polar surface area (TPSA) is 30.0 Å². The lowest BCUT2D eigenvalue weighted by molar-refractivity contribution is 0.0989. The van der Waals surface area contributed by atoms with Crippen LogP contribution >= 0.6 is 0 Å². The summed E-state index contributed by atoms with van der Waals surface area (Å²) >= 11 is 0. The quantitative estimate of drug-likeness (QED) is 0.681. The molecule has 0 atom stereocenters. The van der Waals surface area contributed by atoms with Crippen molar-refractivity contribution in [3.8, 4) is 0 Å². The number of halogens is 2. The van der Waals surface area contributed by atoms with Crippen LogP contribution in [-0.4, -0.2) is 10.8 Å². The maximum atomic E-state index is 13.6. The van der Waals surface area contributed by atoms with Crippen LogP contribution in [0.3, 0.4) is 0 Å². The van der Waals surface area contributed by atoms with E-state index in [-0.39, 0.29) is 17.8 Å². The molecule has 104 valence electrons. The molecule has 1 aromatic heterocycles. The number of benzene rings is 2. The van der Waals surface area contributed by atoms with Crippen molar-refractivity contribution in [2.45, 2.75) is 6.42 Å². The number of rotatable bonds is 3. The van der Waals surface area contributed by atoms with E-state index in [1.165, 1.54) is 6.07 Å². The fourth-order valence-corrected chi connectivity index (χ4v) is 2.26. The van der Waals surface area contributed by atoms with Crippen molar-refractivity contribution in [2.75, 3.05) is 0 Å². The molecule has 0 saturated carbocycles. The number of hydrogen-bond donors (Lipinski definition) is 0. The number of pyridine rings is 1. The summed E-state index contributed by atoms with van der Waals surface area (Å²) in [5.41, 5.74) is 0.466. The summed E-state index contributed by atoms with van der Waals surface area (Å²) < 4.78 is 26.5. The van der Waals surface area contributed by atoms with Gasteiger partial charge in [0.05, 0.1) is 0 Å². The number of Topliss-reactive ketones (excluding diaryl/α,β-unsaturated/α-hetero) is 1. The summed E-state index contributed by atoms with van der Waals surface area (Å²) in [6.07, 6.45) is 1.41. The molecular formula is C17H11F2NO. The Bertz CT molecular complexity index is 825. The fourth-order valence-electron chi connectivity index (χ4n) is 2.26. The van der Waals surface area contributed by atoms with Crippen LogP contribution in [-0.2, 0) is 6.42 Å². The first-order chi connectivity index (χ1) is 10.1. The minimum absolute atomic E-state index is 0.146. The van der Waals surface area contributed by atoms with Crippen LogP contribution in [0.1, 0.15) is 16.1 Å². The van der Waals surface area contributed by atoms with Gasteiger partial charge in [0.25, 0.3) is 0 Å². The normalized spacial score (nSPS) is 10.8. The smallest absolute Gasteiger partial charge is 0.186 e. The highest BCUT2D eigenvalue weighted by Crippen LogP contribution is 2.19. The van der Waals surface area contributed by atoms with Gasteiger partial charge in [0.1, 0.15) is 17.3 Å². The zero-order chi connectivity index (χ0) is 14.8. The van der Waals surface area contributed by atoms with Gasteiger partial charge in [0, 0.05) is 24.1 Å². The van der Waals surface area contributed by atoms with Crippen molar-refractivity contribution in [2.24, 2.45) is 0 Å². The Morgan fingerprint density at radius 2 is 1.86 bits per heavy atom. The number of carbonyl (C=O) groups is 1. The van der Waals surface area contributed by atoms with E-state index >= 15 is 0 Å². The molecule has 0 unspecified atom stereocenters. The van der Waals surface area contributed by atoms with E-state index in [9.17, 15) is 13.6 Å². The molecule has 1 heterocycles. The summed E-state index contributed by atoms with van der Waals surface area (Å²) in [4.78, 5) is 16.4. The first-order valence-corrected chi connectivity index (χ1v) is 6.46. The first-order valence-electron chi connectivity index (χ1n) is 6.46. The van der Waals surface area contributed by atoms with E-state index in [4.69, 9.17) is 0 Å². The number of hydrogen-bond acceptors (Lipinski definition) is 2. The third-order valence-electron chi connectivity index (χ3n) is 3.30. The molecule has 0 saturated heterocycles. The van der Waals surface area contributed by atoms with Crippen molar-refractivity contribution < 1.29 is 13.6 Å². The van der Waals surface area contributed by atoms with Crippen LogP contribution < -0.4 is 0 Å². The predicted molar refractivity (Wildman–Crippen MR) is 76.1 cm³/mol. The highest BCUT2D eigenvalue weighted by atomic mass is 19.1. The first kappa shape index (κ1) is 13.4. The summed E-state index contributed by atoms with van der Waals surface area (Å²) in [5, 5.41) is 1.63. The molecule has 0 bridgehead atoms. The maximum Gasteiger partial charge on any atom is 0.186 e. The summed E-state index contributed by atoms with van der Waals surface area (Å²) in [7, 11) is 0. The van der Waals surface area contributed by atoms with Gasteiger partial charge in [-0.3, -0.25) is 9.78 Å². The van der Waals surface area contributed by atoms with Gasteiger partial charge < -0.3 is 0 Å². The van der Waals surface area contributed by atoms with Gasteiger partial charge in [-0.2, -0.15) is 0 Å². The Labute approximate surface area is 120 Å². The summed E-state index contributed by atoms with van der Waals surface area (Å²) in [6.45, 7) is 0. The average molecular weight is 283 g/mol. The second-order valence-electron chi connectivity index (χ2n) is 4.72. The van der Waals surface area contributed by atoms with E-state index in [0.29, 0.717) is 5.69 Å². The van der Waals surface area contributed by atoms with E-state index in [2.05, 4.69) is 4.98 Å². The Balaban J connectivity index is 1.97. The second kappa shape index (κ2) is 5.40. The number of ketones is 1. The molecular weight excluding hydrogens is 272 g/mol. The van der Waals surface area contributed by atoms with Crippen molar-refractivity contribution in [3.63, 3.8) is 0 Å². The molecule has 0 radical (unpaired) electrons. The molecule has 21 heavy (non-hydrogen) atoms. The Morgan fingerprint density at radius 1 is 1.05 bits per heavy atom. The van der Waals surface area contributed by atoms with Gasteiger partial charge in [-0.25, -0.2) is 8.78 Å². The van der Waals surface area contributed by atoms with Gasteiger partial charge in [-0.05, 0) is 23.1 Å². The van der Waals surface area contributed by atoms with Crippen LogP contribution in [0, 0.1) is 11.6 Å². The van der Waals surface area contributed by atoms with Crippen LogP contribution in [0.5, 0.6) is 0 Å². The van der Waals surface area contributed by atoms with Crippen LogP contribution in [0.4, 0.5) is 8.78 Å². The van der Waals surface area contributed by atoms with Crippen LogP contribution in [0.25, 0.3) is 10.8 Å². The molecule has 0 fully saturated rings. The molecule has 3 aromatic rings. The van der Waals surface area contributed by atoms with Crippen molar-refractivity contribution in [1.82, 2.24) is 4.98 Å². The van der Waals surface area contributed by atoms with Crippen molar-refractivity contribution in [3.05, 3.63) is 77.6 Å². The lowest BCUT2D eigenvalue weighted by atomic mass is 10.0. The second-order valence-corrected chi connectivity index (χ2v) is 4.72. The molecule has 0 aliphatic rings. The molecule has 2 nitrogen and oxygen atoms in total.